The van der Waals surface area contributed by atoms with Crippen molar-refractivity contribution in [1.29, 1.82) is 0 Å². The molecule has 0 amide bonds. The molecular weight excluding hydrogens is 648 g/mol. The van der Waals surface area contributed by atoms with Crippen LogP contribution >= 0.6 is 0 Å². The van der Waals surface area contributed by atoms with Crippen molar-refractivity contribution < 1.29 is 59.3 Å². The summed E-state index contributed by atoms with van der Waals surface area (Å²) in [5, 5.41) is 48.3. The number of carboxylic acids is 2. The third-order valence-corrected chi connectivity index (χ3v) is 6.21. The number of carboxylic acid groups (broad SMARTS) is 2. The quantitative estimate of drug-likeness (QED) is 0.0336. The van der Waals surface area contributed by atoms with Crippen LogP contribution in [0.1, 0.15) is 184 Å². The average Bonchev–Trinajstić information content (AvgIpc) is 3.00. The molecule has 0 heterocycles. The van der Waals surface area contributed by atoms with Crippen LogP contribution in [0.4, 0.5) is 0 Å². The predicted molar refractivity (Wildman–Crippen MR) is 201 cm³/mol. The molecule has 1 atom stereocenters. The summed E-state index contributed by atoms with van der Waals surface area (Å²) in [5.41, 5.74) is 0. The molecule has 12 heteroatoms. The van der Waals surface area contributed by atoms with Crippen LogP contribution in [0, 0.1) is 5.92 Å². The van der Waals surface area contributed by atoms with Gasteiger partial charge in [0.15, 0.2) is 6.29 Å². The normalized spacial score (nSPS) is 10.2. The van der Waals surface area contributed by atoms with Crippen LogP contribution in [0.3, 0.4) is 0 Å². The molecule has 0 bridgehead atoms. The van der Waals surface area contributed by atoms with E-state index in [2.05, 4.69) is 39.4 Å². The van der Waals surface area contributed by atoms with Crippen molar-refractivity contribution in [3.63, 3.8) is 0 Å². The minimum atomic E-state index is -1.10. The van der Waals surface area contributed by atoms with E-state index >= 15 is 0 Å². The van der Waals surface area contributed by atoms with Gasteiger partial charge in [0.2, 0.25) is 0 Å². The van der Waals surface area contributed by atoms with Crippen molar-refractivity contribution in [2.75, 3.05) is 19.8 Å². The first-order valence-electron chi connectivity index (χ1n) is 18.7. The van der Waals surface area contributed by atoms with E-state index in [9.17, 15) is 9.59 Å². The van der Waals surface area contributed by atoms with E-state index in [1.807, 2.05) is 0 Å². The fourth-order valence-electron chi connectivity index (χ4n) is 3.55. The maximum absolute atomic E-state index is 10.2. The van der Waals surface area contributed by atoms with Crippen LogP contribution in [0.5, 0.6) is 0 Å². The number of unbranched alkanes of at least 4 members (excludes halogenated alkanes) is 15. The van der Waals surface area contributed by atoms with Gasteiger partial charge in [0.25, 0.3) is 11.9 Å². The van der Waals surface area contributed by atoms with E-state index in [0.717, 1.165) is 39.5 Å². The van der Waals surface area contributed by atoms with E-state index in [1.54, 1.807) is 0 Å². The molecule has 0 aromatic carbocycles. The van der Waals surface area contributed by atoms with Gasteiger partial charge in [-0.1, -0.05) is 137 Å². The van der Waals surface area contributed by atoms with Crippen molar-refractivity contribution in [2.45, 2.75) is 197 Å². The predicted octanol–water partition coefficient (Wildman–Crippen LogP) is 8.05. The molecule has 1 unspecified atom stereocenters. The minimum absolute atomic E-state index is 0.133. The molecule has 0 saturated heterocycles. The molecule has 12 nitrogen and oxygen atoms in total. The Kier molecular flexibility index (Phi) is 64.0. The SMILES string of the molecule is CC(=O)O.CC(=O)O.CC(=O)OCC(O)CO.CC(=O)OCCC(C)C.CCCCCC(O)O.CCCCCCCCCCCCCCCC. The highest BCUT2D eigenvalue weighted by Crippen LogP contribution is 2.12. The summed E-state index contributed by atoms with van der Waals surface area (Å²) in [6, 6.07) is 0. The number of esters is 2. The van der Waals surface area contributed by atoms with Gasteiger partial charge >= 0.3 is 11.9 Å². The van der Waals surface area contributed by atoms with Crippen LogP contribution in [0.15, 0.2) is 0 Å². The number of aliphatic hydroxyl groups excluding tert-OH is 3. The summed E-state index contributed by atoms with van der Waals surface area (Å²) in [5.74, 6) is -1.69. The molecule has 50 heavy (non-hydrogen) atoms. The van der Waals surface area contributed by atoms with Crippen LogP contribution in [0.2, 0.25) is 0 Å². The molecule has 0 fully saturated rings. The largest absolute Gasteiger partial charge is 0.481 e. The number of aliphatic carboxylic acids is 2. The third-order valence-electron chi connectivity index (χ3n) is 6.21. The summed E-state index contributed by atoms with van der Waals surface area (Å²) in [4.78, 5) is 38.3. The van der Waals surface area contributed by atoms with Gasteiger partial charge in [-0.25, -0.2) is 0 Å². The maximum Gasteiger partial charge on any atom is 0.302 e. The maximum atomic E-state index is 10.2. The molecule has 0 radical (unpaired) electrons. The smallest absolute Gasteiger partial charge is 0.302 e. The molecule has 0 aliphatic rings. The lowest BCUT2D eigenvalue weighted by Crippen LogP contribution is -2.20. The van der Waals surface area contributed by atoms with Crippen LogP contribution in [-0.2, 0) is 28.7 Å². The van der Waals surface area contributed by atoms with Crippen LogP contribution < -0.4 is 0 Å². The van der Waals surface area contributed by atoms with Gasteiger partial charge in [-0.05, 0) is 25.2 Å². The Bertz CT molecular complexity index is 651. The molecule has 6 N–H and O–H groups in total. The highest BCUT2D eigenvalue weighted by atomic mass is 16.5. The van der Waals surface area contributed by atoms with Gasteiger partial charge in [0.1, 0.15) is 12.7 Å². The Morgan fingerprint density at radius 2 is 0.820 bits per heavy atom. The minimum Gasteiger partial charge on any atom is -0.481 e. The lowest BCUT2D eigenvalue weighted by molar-refractivity contribution is -0.144. The molecule has 0 spiro atoms. The zero-order valence-electron chi connectivity index (χ0n) is 33.4. The van der Waals surface area contributed by atoms with E-state index in [-0.39, 0.29) is 19.2 Å². The topological polar surface area (TPSA) is 208 Å². The van der Waals surface area contributed by atoms with Gasteiger partial charge in [0.05, 0.1) is 13.2 Å². The third kappa shape index (κ3) is 111. The first-order valence-corrected chi connectivity index (χ1v) is 18.7. The van der Waals surface area contributed by atoms with Crippen molar-refractivity contribution in [1.82, 2.24) is 0 Å². The van der Waals surface area contributed by atoms with Crippen molar-refractivity contribution in [3.8, 4) is 0 Å². The summed E-state index contributed by atoms with van der Waals surface area (Å²) >= 11 is 0. The molecular formula is C38H80O12. The van der Waals surface area contributed by atoms with E-state index in [4.69, 9.17) is 45.0 Å². The molecule has 0 aromatic rings. The van der Waals surface area contributed by atoms with Gasteiger partial charge in [-0.2, -0.15) is 0 Å². The zero-order valence-corrected chi connectivity index (χ0v) is 33.4. The first-order chi connectivity index (χ1) is 23.4. The van der Waals surface area contributed by atoms with Crippen molar-refractivity contribution >= 4 is 23.9 Å². The second-order valence-corrected chi connectivity index (χ2v) is 12.4. The van der Waals surface area contributed by atoms with E-state index in [0.29, 0.717) is 18.9 Å². The van der Waals surface area contributed by atoms with Gasteiger partial charge in [-0.3, -0.25) is 19.2 Å². The van der Waals surface area contributed by atoms with Crippen molar-refractivity contribution in [2.24, 2.45) is 5.92 Å². The molecule has 0 aliphatic heterocycles. The number of hydrogen-bond donors (Lipinski definition) is 6. The van der Waals surface area contributed by atoms with Gasteiger partial charge < -0.3 is 40.1 Å². The zero-order chi connectivity index (χ0) is 40.0. The molecule has 304 valence electrons. The van der Waals surface area contributed by atoms with Crippen LogP contribution in [-0.4, -0.2) is 86.7 Å². The van der Waals surface area contributed by atoms with Crippen molar-refractivity contribution in [3.05, 3.63) is 0 Å². The monoisotopic (exact) mass is 729 g/mol. The standard InChI is InChI=1S/C16H34.C7H14O2.C6H14O2.C5H10O4.2C2H4O2/c1-3-5-7-9-11-13-15-16-14-12-10-8-6-4-2;1-6(2)4-5-9-7(3)8;1-2-3-4-5-6(7)8;1-4(7)9-3-5(8)2-6;2*1-2(3)4/h3-16H2,1-2H3;6H,4-5H2,1-3H3;6-8H,2-5H2,1H3;5-6,8H,2-3H2,1H3;2*1H3,(H,3,4). The lowest BCUT2D eigenvalue weighted by Gasteiger charge is -2.05. The van der Waals surface area contributed by atoms with Crippen LogP contribution in [0.25, 0.3) is 0 Å². The number of aliphatic hydroxyl groups is 4. The Balaban J connectivity index is -0.000000124. The number of carbonyl (C=O) groups excluding carboxylic acids is 2. The second kappa shape index (κ2) is 53.5. The van der Waals surface area contributed by atoms with E-state index < -0.39 is 30.3 Å². The highest BCUT2D eigenvalue weighted by Gasteiger charge is 2.02. The summed E-state index contributed by atoms with van der Waals surface area (Å²) in [6.07, 6.45) is 23.0. The molecule has 0 aromatic heterocycles. The molecule has 0 rings (SSSR count). The number of ether oxygens (including phenoxy) is 2. The van der Waals surface area contributed by atoms with Gasteiger partial charge in [0, 0.05) is 27.7 Å². The summed E-state index contributed by atoms with van der Waals surface area (Å²) < 4.78 is 9.06. The second-order valence-electron chi connectivity index (χ2n) is 12.4. The Hall–Kier alpha value is -2.28. The Morgan fingerprint density at radius 3 is 1.06 bits per heavy atom. The molecule has 0 aliphatic carbocycles. The lowest BCUT2D eigenvalue weighted by atomic mass is 10.0. The van der Waals surface area contributed by atoms with E-state index in [1.165, 1.54) is 104 Å². The highest BCUT2D eigenvalue weighted by molar-refractivity contribution is 5.66. The van der Waals surface area contributed by atoms with Gasteiger partial charge in [-0.15, -0.1) is 0 Å². The number of rotatable bonds is 23. The Labute approximate surface area is 305 Å². The molecule has 0 saturated carbocycles. The average molecular weight is 729 g/mol. The Morgan fingerprint density at radius 1 is 0.520 bits per heavy atom. The number of hydrogen-bond acceptors (Lipinski definition) is 10. The number of carbonyl (C=O) groups is 4. The summed E-state index contributed by atoms with van der Waals surface area (Å²) in [6.45, 7) is 15.8. The summed E-state index contributed by atoms with van der Waals surface area (Å²) in [7, 11) is 0. The fourth-order valence-corrected chi connectivity index (χ4v) is 3.55. The first kappa shape index (κ1) is 59.8. The fraction of sp³-hybridized carbons (Fsp3) is 0.895.